The van der Waals surface area contributed by atoms with E-state index >= 15 is 0 Å². The Morgan fingerprint density at radius 2 is 2.08 bits per heavy atom. The largest absolute Gasteiger partial charge is 0.394 e. The van der Waals surface area contributed by atoms with Crippen LogP contribution in [-0.4, -0.2) is 64.4 Å². The number of nitrogens with zero attached hydrogens (tertiary/aromatic N) is 1. The molecule has 11 nitrogen and oxygen atoms in total. The smallest absolute Gasteiger partial charge is 0.330 e. The average Bonchev–Trinajstić information content (AvgIpc) is 3.05. The normalized spacial score (nSPS) is 29.5. The molecule has 1 aromatic rings. The van der Waals surface area contributed by atoms with Crippen LogP contribution in [0.5, 0.6) is 0 Å². The molecule has 0 spiro atoms. The lowest BCUT2D eigenvalue weighted by atomic mass is 10.1. The fraction of sp³-hybridized carbons (Fsp3) is 0.667. The third-order valence-corrected chi connectivity index (χ3v) is 4.22. The molecule has 0 radical (unpaired) electrons. The topological polar surface area (TPSA) is 158 Å². The molecular formula is C15H22N4O7. The lowest BCUT2D eigenvalue weighted by molar-refractivity contribution is -0.200. The van der Waals surface area contributed by atoms with Crippen LogP contribution in [0.2, 0.25) is 0 Å². The van der Waals surface area contributed by atoms with Gasteiger partial charge in [0.15, 0.2) is 12.0 Å². The Morgan fingerprint density at radius 1 is 1.38 bits per heavy atom. The molecule has 1 amide bonds. The summed E-state index contributed by atoms with van der Waals surface area (Å²) in [6, 6.07) is 0. The number of rotatable bonds is 5. The summed E-state index contributed by atoms with van der Waals surface area (Å²) in [5.41, 5.74) is 3.49. The third-order valence-electron chi connectivity index (χ3n) is 4.22. The summed E-state index contributed by atoms with van der Waals surface area (Å²) < 4.78 is 18.3. The molecule has 11 heteroatoms. The van der Waals surface area contributed by atoms with Crippen molar-refractivity contribution >= 4 is 5.91 Å². The highest BCUT2D eigenvalue weighted by Crippen LogP contribution is 2.42. The maximum atomic E-state index is 12.3. The minimum Gasteiger partial charge on any atom is -0.394 e. The van der Waals surface area contributed by atoms with Crippen LogP contribution in [0.3, 0.4) is 0 Å². The van der Waals surface area contributed by atoms with Crippen molar-refractivity contribution in [2.24, 2.45) is 5.73 Å². The number of fused-ring (bicyclic) bond motifs is 1. The summed E-state index contributed by atoms with van der Waals surface area (Å²) in [7, 11) is 0. The maximum Gasteiger partial charge on any atom is 0.330 e. The molecule has 2 aliphatic heterocycles. The fourth-order valence-electron chi connectivity index (χ4n) is 3.15. The van der Waals surface area contributed by atoms with E-state index in [-0.39, 0.29) is 25.3 Å². The van der Waals surface area contributed by atoms with E-state index in [9.17, 15) is 19.5 Å². The summed E-state index contributed by atoms with van der Waals surface area (Å²) in [6.07, 6.45) is -1.84. The Morgan fingerprint density at radius 3 is 2.73 bits per heavy atom. The molecule has 144 valence electrons. The number of hydrogen-bond acceptors (Lipinski definition) is 8. The molecule has 0 bridgehead atoms. The van der Waals surface area contributed by atoms with Crippen LogP contribution < -0.4 is 22.3 Å². The van der Waals surface area contributed by atoms with Gasteiger partial charge >= 0.3 is 5.69 Å². The molecule has 2 aliphatic rings. The van der Waals surface area contributed by atoms with Crippen LogP contribution in [0.15, 0.2) is 15.8 Å². The molecule has 4 atom stereocenters. The van der Waals surface area contributed by atoms with Crippen LogP contribution >= 0.6 is 0 Å². The summed E-state index contributed by atoms with van der Waals surface area (Å²) in [5.74, 6) is -1.58. The molecule has 0 aliphatic carbocycles. The predicted molar refractivity (Wildman–Crippen MR) is 87.5 cm³/mol. The van der Waals surface area contributed by atoms with Gasteiger partial charge in [0.1, 0.15) is 23.9 Å². The van der Waals surface area contributed by atoms with E-state index in [0.29, 0.717) is 0 Å². The number of aliphatic hydroxyl groups excluding tert-OH is 1. The van der Waals surface area contributed by atoms with Crippen molar-refractivity contribution in [2.45, 2.75) is 44.2 Å². The molecule has 0 saturated carbocycles. The van der Waals surface area contributed by atoms with Gasteiger partial charge in [0, 0.05) is 19.3 Å². The van der Waals surface area contributed by atoms with Gasteiger partial charge in [-0.05, 0) is 13.8 Å². The number of hydrogen-bond donors (Lipinski definition) is 4. The van der Waals surface area contributed by atoms with E-state index in [4.69, 9.17) is 19.9 Å². The van der Waals surface area contributed by atoms with E-state index < -0.39 is 47.5 Å². The van der Waals surface area contributed by atoms with Crippen LogP contribution in [0.4, 0.5) is 0 Å². The maximum absolute atomic E-state index is 12.3. The SMILES string of the molecule is CC1(C)O[C@@H]2[C@H](O1)[C@@H](CO)O[C@H]2n1cc(C(=O)NCCN)c(=O)[nH]c1=O. The third kappa shape index (κ3) is 3.31. The van der Waals surface area contributed by atoms with Crippen LogP contribution in [0.1, 0.15) is 30.4 Å². The lowest BCUT2D eigenvalue weighted by Gasteiger charge is -2.24. The Labute approximate surface area is 148 Å². The van der Waals surface area contributed by atoms with Gasteiger partial charge in [-0.2, -0.15) is 0 Å². The molecule has 0 aromatic carbocycles. The van der Waals surface area contributed by atoms with Gasteiger partial charge in [0.05, 0.1) is 6.61 Å². The van der Waals surface area contributed by atoms with Crippen LogP contribution in [0.25, 0.3) is 0 Å². The van der Waals surface area contributed by atoms with E-state index in [0.717, 1.165) is 10.8 Å². The highest BCUT2D eigenvalue weighted by atomic mass is 16.8. The second kappa shape index (κ2) is 6.93. The van der Waals surface area contributed by atoms with Gasteiger partial charge in [-0.15, -0.1) is 0 Å². The number of ether oxygens (including phenoxy) is 3. The van der Waals surface area contributed by atoms with E-state index in [2.05, 4.69) is 10.3 Å². The van der Waals surface area contributed by atoms with Crippen LogP contribution in [0, 0.1) is 0 Å². The number of aliphatic hydroxyl groups is 1. The van der Waals surface area contributed by atoms with Gasteiger partial charge in [0.2, 0.25) is 0 Å². The highest BCUT2D eigenvalue weighted by Gasteiger charge is 2.55. The molecule has 26 heavy (non-hydrogen) atoms. The van der Waals surface area contributed by atoms with Gasteiger partial charge in [-0.25, -0.2) is 4.79 Å². The second-order valence-corrected chi connectivity index (χ2v) is 6.57. The van der Waals surface area contributed by atoms with E-state index in [1.807, 2.05) is 0 Å². The Kier molecular flexibility index (Phi) is 4.99. The monoisotopic (exact) mass is 370 g/mol. The average molecular weight is 370 g/mol. The first-order chi connectivity index (χ1) is 12.3. The summed E-state index contributed by atoms with van der Waals surface area (Å²) in [4.78, 5) is 38.5. The first kappa shape index (κ1) is 18.7. The fourth-order valence-corrected chi connectivity index (χ4v) is 3.15. The van der Waals surface area contributed by atoms with E-state index in [1.54, 1.807) is 13.8 Å². The van der Waals surface area contributed by atoms with Gasteiger partial charge in [-0.3, -0.25) is 19.1 Å². The van der Waals surface area contributed by atoms with Gasteiger partial charge in [-0.1, -0.05) is 0 Å². The van der Waals surface area contributed by atoms with E-state index in [1.165, 1.54) is 0 Å². The van der Waals surface area contributed by atoms with Gasteiger partial charge in [0.25, 0.3) is 11.5 Å². The van der Waals surface area contributed by atoms with Crippen molar-refractivity contribution in [2.75, 3.05) is 19.7 Å². The number of nitrogens with one attached hydrogen (secondary N) is 2. The second-order valence-electron chi connectivity index (χ2n) is 6.57. The molecule has 3 rings (SSSR count). The molecule has 3 heterocycles. The number of aromatic amines is 1. The molecule has 5 N–H and O–H groups in total. The zero-order valence-electron chi connectivity index (χ0n) is 14.4. The number of amides is 1. The molecule has 2 saturated heterocycles. The zero-order chi connectivity index (χ0) is 19.1. The predicted octanol–water partition coefficient (Wildman–Crippen LogP) is -2.37. The molecule has 2 fully saturated rings. The van der Waals surface area contributed by atoms with Crippen molar-refractivity contribution in [3.63, 3.8) is 0 Å². The quantitative estimate of drug-likeness (QED) is 0.448. The van der Waals surface area contributed by atoms with Crippen molar-refractivity contribution < 1.29 is 24.1 Å². The minimum absolute atomic E-state index is 0.180. The van der Waals surface area contributed by atoms with Crippen molar-refractivity contribution in [1.29, 1.82) is 0 Å². The first-order valence-electron chi connectivity index (χ1n) is 8.23. The van der Waals surface area contributed by atoms with Gasteiger partial charge < -0.3 is 30.4 Å². The number of carbonyl (C=O) groups is 1. The number of H-pyrrole nitrogens is 1. The standard InChI is InChI=1S/C15H22N4O7/c1-15(2)25-9-8(6-20)24-13(10(9)26-15)19-5-7(11(21)17-4-3-16)12(22)18-14(19)23/h5,8-10,13,20H,3-4,6,16H2,1-2H3,(H,17,21)(H,18,22,23)/t8-,9-,10-,13-/m1/s1. The summed E-state index contributed by atoms with van der Waals surface area (Å²) in [6.45, 7) is 3.46. The van der Waals surface area contributed by atoms with Crippen molar-refractivity contribution in [3.8, 4) is 0 Å². The molecular weight excluding hydrogens is 348 g/mol. The lowest BCUT2D eigenvalue weighted by Crippen LogP contribution is -2.41. The highest BCUT2D eigenvalue weighted by molar-refractivity contribution is 5.93. The van der Waals surface area contributed by atoms with Crippen molar-refractivity contribution in [1.82, 2.24) is 14.9 Å². The molecule has 0 unspecified atom stereocenters. The van der Waals surface area contributed by atoms with Crippen molar-refractivity contribution in [3.05, 3.63) is 32.6 Å². The molecule has 1 aromatic heterocycles. The summed E-state index contributed by atoms with van der Waals surface area (Å²) >= 11 is 0. The Balaban J connectivity index is 1.97. The Bertz CT molecular complexity index is 802. The number of carbonyl (C=O) groups excluding carboxylic acids is 1. The number of nitrogens with two attached hydrogens (primary N) is 1. The number of aromatic nitrogens is 2. The first-order valence-corrected chi connectivity index (χ1v) is 8.23. The van der Waals surface area contributed by atoms with Crippen LogP contribution in [-0.2, 0) is 14.2 Å². The Hall–Kier alpha value is -2.05. The minimum atomic E-state index is -0.968. The zero-order valence-corrected chi connectivity index (χ0v) is 14.4. The summed E-state index contributed by atoms with van der Waals surface area (Å²) in [5, 5.41) is 12.0.